The summed E-state index contributed by atoms with van der Waals surface area (Å²) in [6.45, 7) is 0.854. The van der Waals surface area contributed by atoms with E-state index in [2.05, 4.69) is 0 Å². The van der Waals surface area contributed by atoms with Crippen LogP contribution >= 0.6 is 0 Å². The van der Waals surface area contributed by atoms with E-state index in [9.17, 15) is 22.4 Å². The topological polar surface area (TPSA) is 43.1 Å². The predicted octanol–water partition coefficient (Wildman–Crippen LogP) is 2.63. The second-order valence-corrected chi connectivity index (χ2v) is 2.94. The number of hydrogen-bond acceptors (Lipinski definition) is 2. The molecule has 0 fully saturated rings. The van der Waals surface area contributed by atoms with Gasteiger partial charge in [-0.3, -0.25) is 4.79 Å². The van der Waals surface area contributed by atoms with Gasteiger partial charge in [0.1, 0.15) is 5.82 Å². The minimum atomic E-state index is -4.84. The van der Waals surface area contributed by atoms with Gasteiger partial charge in [-0.05, 0) is 19.1 Å². The van der Waals surface area contributed by atoms with Crippen LogP contribution in [0.5, 0.6) is 0 Å². The third-order valence-corrected chi connectivity index (χ3v) is 1.82. The number of nitrogens with two attached hydrogens (primary N) is 1. The molecule has 0 atom stereocenters. The van der Waals surface area contributed by atoms with Crippen molar-refractivity contribution < 1.29 is 22.4 Å². The zero-order valence-corrected chi connectivity index (χ0v) is 7.65. The molecule has 1 rings (SSSR count). The molecule has 0 saturated heterocycles. The van der Waals surface area contributed by atoms with Crippen LogP contribution in [-0.4, -0.2) is 5.78 Å². The Morgan fingerprint density at radius 3 is 2.20 bits per heavy atom. The van der Waals surface area contributed by atoms with Crippen molar-refractivity contribution in [3.05, 3.63) is 29.1 Å². The maximum absolute atomic E-state index is 13.0. The van der Waals surface area contributed by atoms with E-state index in [0.717, 1.165) is 19.1 Å². The monoisotopic (exact) mass is 221 g/mol. The number of hydrogen-bond donors (Lipinski definition) is 1. The standard InChI is InChI=1S/C9H7F4NO/c1-4(15)7-5(10)2-3-6(14)8(7)9(11,12)13/h2-3H,14H2,1H3. The normalized spacial score (nSPS) is 11.5. The fourth-order valence-corrected chi connectivity index (χ4v) is 1.24. The molecule has 0 heterocycles. The van der Waals surface area contributed by atoms with Crippen LogP contribution in [0.2, 0.25) is 0 Å². The lowest BCUT2D eigenvalue weighted by Gasteiger charge is -2.13. The number of anilines is 1. The minimum Gasteiger partial charge on any atom is -0.398 e. The highest BCUT2D eigenvalue weighted by Gasteiger charge is 2.38. The van der Waals surface area contributed by atoms with Crippen molar-refractivity contribution in [1.29, 1.82) is 0 Å². The molecule has 0 amide bonds. The molecule has 0 aliphatic rings. The molecule has 0 aromatic heterocycles. The molecular formula is C9H7F4NO. The molecule has 82 valence electrons. The second kappa shape index (κ2) is 3.52. The van der Waals surface area contributed by atoms with Crippen molar-refractivity contribution in [3.8, 4) is 0 Å². The predicted molar refractivity (Wildman–Crippen MR) is 45.8 cm³/mol. The molecule has 1 aromatic carbocycles. The maximum Gasteiger partial charge on any atom is 0.419 e. The van der Waals surface area contributed by atoms with E-state index < -0.39 is 34.6 Å². The molecule has 0 aliphatic heterocycles. The molecular weight excluding hydrogens is 214 g/mol. The van der Waals surface area contributed by atoms with Crippen molar-refractivity contribution in [2.24, 2.45) is 0 Å². The minimum absolute atomic E-state index is 0.658. The Morgan fingerprint density at radius 2 is 1.87 bits per heavy atom. The smallest absolute Gasteiger partial charge is 0.398 e. The molecule has 0 aliphatic carbocycles. The van der Waals surface area contributed by atoms with Crippen LogP contribution < -0.4 is 5.73 Å². The van der Waals surface area contributed by atoms with Gasteiger partial charge in [0.05, 0.1) is 11.1 Å². The first-order chi connectivity index (χ1) is 6.75. The number of rotatable bonds is 1. The van der Waals surface area contributed by atoms with E-state index in [1.165, 1.54) is 0 Å². The molecule has 0 spiro atoms. The van der Waals surface area contributed by atoms with Gasteiger partial charge in [-0.1, -0.05) is 0 Å². The summed E-state index contributed by atoms with van der Waals surface area (Å²) in [6.07, 6.45) is -4.84. The van der Waals surface area contributed by atoms with Crippen LogP contribution in [0.15, 0.2) is 12.1 Å². The maximum atomic E-state index is 13.0. The third kappa shape index (κ3) is 2.08. The highest BCUT2D eigenvalue weighted by atomic mass is 19.4. The lowest BCUT2D eigenvalue weighted by molar-refractivity contribution is -0.137. The number of nitrogen functional groups attached to an aromatic ring is 1. The molecule has 0 unspecified atom stereocenters. The van der Waals surface area contributed by atoms with Crippen LogP contribution in [0.4, 0.5) is 23.2 Å². The van der Waals surface area contributed by atoms with Gasteiger partial charge in [0.25, 0.3) is 0 Å². The van der Waals surface area contributed by atoms with Gasteiger partial charge in [-0.25, -0.2) is 4.39 Å². The van der Waals surface area contributed by atoms with Crippen LogP contribution in [0, 0.1) is 5.82 Å². The first-order valence-electron chi connectivity index (χ1n) is 3.91. The van der Waals surface area contributed by atoms with E-state index in [-0.39, 0.29) is 0 Å². The SMILES string of the molecule is CC(=O)c1c(F)ccc(N)c1C(F)(F)F. The number of carbonyl (C=O) groups is 1. The zero-order chi connectivity index (χ0) is 11.8. The Balaban J connectivity index is 3.60. The molecule has 2 N–H and O–H groups in total. The Labute approximate surface area is 82.7 Å². The van der Waals surface area contributed by atoms with Crippen molar-refractivity contribution in [2.75, 3.05) is 5.73 Å². The van der Waals surface area contributed by atoms with Crippen LogP contribution in [-0.2, 0) is 6.18 Å². The van der Waals surface area contributed by atoms with E-state index in [1.54, 1.807) is 0 Å². The van der Waals surface area contributed by atoms with Crippen molar-refractivity contribution >= 4 is 11.5 Å². The first kappa shape index (κ1) is 11.5. The van der Waals surface area contributed by atoms with E-state index >= 15 is 0 Å². The lowest BCUT2D eigenvalue weighted by Crippen LogP contribution is -2.16. The van der Waals surface area contributed by atoms with Gasteiger partial charge in [0.15, 0.2) is 5.78 Å². The molecule has 0 bridgehead atoms. The fraction of sp³-hybridized carbons (Fsp3) is 0.222. The molecule has 1 aromatic rings. The zero-order valence-electron chi connectivity index (χ0n) is 7.65. The largest absolute Gasteiger partial charge is 0.419 e. The first-order valence-corrected chi connectivity index (χ1v) is 3.91. The second-order valence-electron chi connectivity index (χ2n) is 2.94. The summed E-state index contributed by atoms with van der Waals surface area (Å²) in [4.78, 5) is 10.9. The van der Waals surface area contributed by atoms with E-state index in [4.69, 9.17) is 5.73 Å². The average Bonchev–Trinajstić information content (AvgIpc) is 2.05. The number of halogens is 4. The lowest BCUT2D eigenvalue weighted by atomic mass is 10.0. The number of Topliss-reactive ketones (excluding diaryl/α,β-unsaturated/α-hetero) is 1. The average molecular weight is 221 g/mol. The summed E-state index contributed by atoms with van der Waals surface area (Å²) >= 11 is 0. The molecule has 0 saturated carbocycles. The summed E-state index contributed by atoms with van der Waals surface area (Å²) < 4.78 is 50.4. The van der Waals surface area contributed by atoms with Gasteiger partial charge < -0.3 is 5.73 Å². The van der Waals surface area contributed by atoms with Crippen molar-refractivity contribution in [3.63, 3.8) is 0 Å². The van der Waals surface area contributed by atoms with Gasteiger partial charge >= 0.3 is 6.18 Å². The highest BCUT2D eigenvalue weighted by Crippen LogP contribution is 2.37. The Bertz CT molecular complexity index is 411. The number of alkyl halides is 3. The Kier molecular flexibility index (Phi) is 2.70. The highest BCUT2D eigenvalue weighted by molar-refractivity contribution is 5.97. The molecule has 15 heavy (non-hydrogen) atoms. The Morgan fingerprint density at radius 1 is 1.33 bits per heavy atom. The van der Waals surface area contributed by atoms with E-state index in [0.29, 0.717) is 0 Å². The summed E-state index contributed by atoms with van der Waals surface area (Å²) in [7, 11) is 0. The van der Waals surface area contributed by atoms with Gasteiger partial charge in [-0.15, -0.1) is 0 Å². The quantitative estimate of drug-likeness (QED) is 0.450. The summed E-state index contributed by atoms with van der Waals surface area (Å²) in [5, 5.41) is 0. The van der Waals surface area contributed by atoms with Crippen LogP contribution in [0.1, 0.15) is 22.8 Å². The van der Waals surface area contributed by atoms with E-state index in [1.807, 2.05) is 0 Å². The molecule has 2 nitrogen and oxygen atoms in total. The third-order valence-electron chi connectivity index (χ3n) is 1.82. The van der Waals surface area contributed by atoms with Crippen LogP contribution in [0.25, 0.3) is 0 Å². The van der Waals surface area contributed by atoms with Gasteiger partial charge in [0.2, 0.25) is 0 Å². The Hall–Kier alpha value is -1.59. The number of benzene rings is 1. The van der Waals surface area contributed by atoms with Crippen molar-refractivity contribution in [2.45, 2.75) is 13.1 Å². The van der Waals surface area contributed by atoms with Gasteiger partial charge in [-0.2, -0.15) is 13.2 Å². The molecule has 0 radical (unpaired) electrons. The molecule has 6 heteroatoms. The van der Waals surface area contributed by atoms with Crippen LogP contribution in [0.3, 0.4) is 0 Å². The number of ketones is 1. The van der Waals surface area contributed by atoms with Crippen molar-refractivity contribution in [1.82, 2.24) is 0 Å². The number of carbonyl (C=O) groups excluding carboxylic acids is 1. The fourth-order valence-electron chi connectivity index (χ4n) is 1.24. The van der Waals surface area contributed by atoms with Gasteiger partial charge in [0, 0.05) is 5.69 Å². The summed E-state index contributed by atoms with van der Waals surface area (Å²) in [5.74, 6) is -2.23. The summed E-state index contributed by atoms with van der Waals surface area (Å²) in [6, 6.07) is 1.52. The summed E-state index contributed by atoms with van der Waals surface area (Å²) in [5.41, 5.74) is 2.00.